The van der Waals surface area contributed by atoms with Crippen molar-refractivity contribution >= 4 is 16.8 Å². The van der Waals surface area contributed by atoms with Crippen molar-refractivity contribution in [3.05, 3.63) is 71.9 Å². The van der Waals surface area contributed by atoms with Crippen molar-refractivity contribution < 1.29 is 4.79 Å². The average molecular weight is 264 g/mol. The number of carbonyl (C=O) groups is 1. The number of amides is 1. The highest BCUT2D eigenvalue weighted by molar-refractivity contribution is 5.98. The fraction of sp³-hybridized carbons (Fsp3) is 0.118. The van der Waals surface area contributed by atoms with E-state index >= 15 is 0 Å². The number of rotatable bonds is 3. The lowest BCUT2D eigenvalue weighted by atomic mass is 10.1. The van der Waals surface area contributed by atoms with Crippen LogP contribution >= 0.6 is 0 Å². The van der Waals surface area contributed by atoms with Crippen LogP contribution in [-0.2, 0) is 0 Å². The van der Waals surface area contributed by atoms with E-state index in [1.165, 1.54) is 0 Å². The van der Waals surface area contributed by atoms with Crippen molar-refractivity contribution in [1.82, 2.24) is 10.3 Å². The highest BCUT2D eigenvalue weighted by Crippen LogP contribution is 2.16. The van der Waals surface area contributed by atoms with Crippen molar-refractivity contribution in [2.45, 2.75) is 13.0 Å². The maximum Gasteiger partial charge on any atom is 0.251 e. The zero-order chi connectivity index (χ0) is 13.9. The van der Waals surface area contributed by atoms with Gasteiger partial charge in [-0.25, -0.2) is 0 Å². The molecule has 0 spiro atoms. The van der Waals surface area contributed by atoms with E-state index in [0.717, 1.165) is 16.5 Å². The molecular formula is C17H16N2O. The van der Waals surface area contributed by atoms with E-state index in [9.17, 15) is 4.79 Å². The van der Waals surface area contributed by atoms with E-state index in [1.807, 2.05) is 67.7 Å². The number of hydrogen-bond acceptors (Lipinski definition) is 1. The van der Waals surface area contributed by atoms with E-state index in [0.29, 0.717) is 5.56 Å². The highest BCUT2D eigenvalue weighted by Gasteiger charge is 2.11. The molecule has 0 saturated heterocycles. The summed E-state index contributed by atoms with van der Waals surface area (Å²) in [5.41, 5.74) is 2.74. The summed E-state index contributed by atoms with van der Waals surface area (Å²) < 4.78 is 0. The van der Waals surface area contributed by atoms with E-state index in [1.54, 1.807) is 0 Å². The molecule has 2 aromatic carbocycles. The third kappa shape index (κ3) is 2.43. The summed E-state index contributed by atoms with van der Waals surface area (Å²) in [5, 5.41) is 4.13. The number of aromatic nitrogens is 1. The molecule has 1 heterocycles. The van der Waals surface area contributed by atoms with Gasteiger partial charge in [0, 0.05) is 17.3 Å². The van der Waals surface area contributed by atoms with Gasteiger partial charge in [0.25, 0.3) is 5.91 Å². The van der Waals surface area contributed by atoms with Gasteiger partial charge in [0.05, 0.1) is 6.04 Å². The lowest BCUT2D eigenvalue weighted by Gasteiger charge is -2.14. The van der Waals surface area contributed by atoms with E-state index in [-0.39, 0.29) is 11.9 Å². The number of carbonyl (C=O) groups excluding carboxylic acids is 1. The quantitative estimate of drug-likeness (QED) is 0.745. The average Bonchev–Trinajstić information content (AvgIpc) is 2.95. The Kier molecular flexibility index (Phi) is 3.25. The Bertz CT molecular complexity index is 731. The van der Waals surface area contributed by atoms with Gasteiger partial charge in [-0.3, -0.25) is 4.79 Å². The largest absolute Gasteiger partial charge is 0.361 e. The third-order valence-corrected chi connectivity index (χ3v) is 3.46. The van der Waals surface area contributed by atoms with E-state index < -0.39 is 0 Å². The first-order valence-corrected chi connectivity index (χ1v) is 6.67. The molecule has 0 fully saturated rings. The fourth-order valence-corrected chi connectivity index (χ4v) is 2.29. The Morgan fingerprint density at radius 3 is 2.70 bits per heavy atom. The number of H-pyrrole nitrogens is 1. The summed E-state index contributed by atoms with van der Waals surface area (Å²) in [6.45, 7) is 1.99. The van der Waals surface area contributed by atoms with Gasteiger partial charge in [0.15, 0.2) is 0 Å². The third-order valence-electron chi connectivity index (χ3n) is 3.46. The second-order valence-corrected chi connectivity index (χ2v) is 4.89. The number of benzene rings is 2. The van der Waals surface area contributed by atoms with E-state index in [2.05, 4.69) is 10.3 Å². The number of hydrogen-bond donors (Lipinski definition) is 2. The molecule has 0 aliphatic heterocycles. The first-order chi connectivity index (χ1) is 9.74. The SMILES string of the molecule is C[C@@H](NC(=O)c1ccc2cc[nH]c2c1)c1ccccc1. The molecule has 0 saturated carbocycles. The molecule has 1 amide bonds. The predicted molar refractivity (Wildman–Crippen MR) is 80.6 cm³/mol. The Hall–Kier alpha value is -2.55. The number of aromatic amines is 1. The van der Waals surface area contributed by atoms with Gasteiger partial charge >= 0.3 is 0 Å². The Labute approximate surface area is 117 Å². The molecule has 0 radical (unpaired) electrons. The maximum atomic E-state index is 12.3. The zero-order valence-corrected chi connectivity index (χ0v) is 11.3. The Morgan fingerprint density at radius 1 is 1.10 bits per heavy atom. The van der Waals surface area contributed by atoms with Gasteiger partial charge in [0.1, 0.15) is 0 Å². The van der Waals surface area contributed by atoms with Crippen LogP contribution in [0, 0.1) is 0 Å². The molecule has 1 aromatic heterocycles. The van der Waals surface area contributed by atoms with Crippen LogP contribution in [0.5, 0.6) is 0 Å². The first-order valence-electron chi connectivity index (χ1n) is 6.67. The molecule has 0 bridgehead atoms. The summed E-state index contributed by atoms with van der Waals surface area (Å²) in [7, 11) is 0. The summed E-state index contributed by atoms with van der Waals surface area (Å²) in [5.74, 6) is -0.0575. The summed E-state index contributed by atoms with van der Waals surface area (Å²) in [6, 6.07) is 17.6. The summed E-state index contributed by atoms with van der Waals surface area (Å²) >= 11 is 0. The highest BCUT2D eigenvalue weighted by atomic mass is 16.1. The van der Waals surface area contributed by atoms with Gasteiger partial charge in [-0.15, -0.1) is 0 Å². The van der Waals surface area contributed by atoms with Gasteiger partial charge in [0.2, 0.25) is 0 Å². The Balaban J connectivity index is 1.78. The smallest absolute Gasteiger partial charge is 0.251 e. The number of nitrogens with one attached hydrogen (secondary N) is 2. The molecule has 2 N–H and O–H groups in total. The van der Waals surface area contributed by atoms with Crippen LogP contribution < -0.4 is 5.32 Å². The van der Waals surface area contributed by atoms with Gasteiger partial charge < -0.3 is 10.3 Å². The molecule has 3 aromatic rings. The van der Waals surface area contributed by atoms with Crippen LogP contribution in [0.2, 0.25) is 0 Å². The minimum Gasteiger partial charge on any atom is -0.361 e. The zero-order valence-electron chi connectivity index (χ0n) is 11.3. The minimum absolute atomic E-state index is 0.0111. The van der Waals surface area contributed by atoms with Crippen LogP contribution in [0.15, 0.2) is 60.8 Å². The van der Waals surface area contributed by atoms with Crippen molar-refractivity contribution in [3.63, 3.8) is 0 Å². The van der Waals surface area contributed by atoms with Crippen molar-refractivity contribution in [2.75, 3.05) is 0 Å². The Morgan fingerprint density at radius 2 is 1.90 bits per heavy atom. The lowest BCUT2D eigenvalue weighted by Crippen LogP contribution is -2.26. The minimum atomic E-state index is -0.0575. The van der Waals surface area contributed by atoms with Crippen LogP contribution in [0.4, 0.5) is 0 Å². The van der Waals surface area contributed by atoms with Crippen LogP contribution in [0.3, 0.4) is 0 Å². The molecule has 20 heavy (non-hydrogen) atoms. The molecule has 100 valence electrons. The van der Waals surface area contributed by atoms with Crippen molar-refractivity contribution in [2.24, 2.45) is 0 Å². The first kappa shape index (κ1) is 12.5. The standard InChI is InChI=1S/C17H16N2O/c1-12(13-5-3-2-4-6-13)19-17(20)15-8-7-14-9-10-18-16(14)11-15/h2-12,18H,1H3,(H,19,20)/t12-/m1/s1. The maximum absolute atomic E-state index is 12.3. The fourth-order valence-electron chi connectivity index (χ4n) is 2.29. The summed E-state index contributed by atoms with van der Waals surface area (Å²) in [6.07, 6.45) is 1.87. The van der Waals surface area contributed by atoms with Gasteiger partial charge in [-0.2, -0.15) is 0 Å². The molecule has 3 rings (SSSR count). The molecule has 0 aliphatic carbocycles. The topological polar surface area (TPSA) is 44.9 Å². The van der Waals surface area contributed by atoms with E-state index in [4.69, 9.17) is 0 Å². The summed E-state index contributed by atoms with van der Waals surface area (Å²) in [4.78, 5) is 15.4. The normalized spacial score (nSPS) is 12.2. The van der Waals surface area contributed by atoms with Crippen LogP contribution in [-0.4, -0.2) is 10.9 Å². The molecule has 0 aliphatic rings. The van der Waals surface area contributed by atoms with Crippen molar-refractivity contribution in [1.29, 1.82) is 0 Å². The molecule has 1 atom stereocenters. The van der Waals surface area contributed by atoms with Crippen LogP contribution in [0.1, 0.15) is 28.9 Å². The van der Waals surface area contributed by atoms with Gasteiger partial charge in [-0.1, -0.05) is 36.4 Å². The molecular weight excluding hydrogens is 248 g/mol. The molecule has 3 nitrogen and oxygen atoms in total. The number of fused-ring (bicyclic) bond motifs is 1. The molecule has 0 unspecified atom stereocenters. The van der Waals surface area contributed by atoms with Gasteiger partial charge in [-0.05, 0) is 36.1 Å². The van der Waals surface area contributed by atoms with Crippen molar-refractivity contribution in [3.8, 4) is 0 Å². The monoisotopic (exact) mass is 264 g/mol. The lowest BCUT2D eigenvalue weighted by molar-refractivity contribution is 0.0940. The molecule has 3 heteroatoms. The second-order valence-electron chi connectivity index (χ2n) is 4.89. The van der Waals surface area contributed by atoms with Crippen LogP contribution in [0.25, 0.3) is 10.9 Å². The predicted octanol–water partition coefficient (Wildman–Crippen LogP) is 3.66. The second kappa shape index (κ2) is 5.21.